The van der Waals surface area contributed by atoms with Crippen LogP contribution in [-0.2, 0) is 17.3 Å². The lowest BCUT2D eigenvalue weighted by Gasteiger charge is -2.19. The maximum absolute atomic E-state index is 12.3. The number of nitrogens with zero attached hydrogens (tertiary/aromatic N) is 3. The quantitative estimate of drug-likeness (QED) is 0.742. The molecule has 3 rings (SSSR count). The number of aromatic nitrogens is 3. The van der Waals surface area contributed by atoms with E-state index in [0.29, 0.717) is 12.2 Å². The van der Waals surface area contributed by atoms with Gasteiger partial charge in [0, 0.05) is 19.0 Å². The second-order valence-electron chi connectivity index (χ2n) is 7.86. The third-order valence-electron chi connectivity index (χ3n) is 4.84. The molecular weight excluding hydrogens is 330 g/mol. The Bertz CT molecular complexity index is 743. The number of carbonyl (C=O) groups is 1. The number of hydrogen-bond acceptors (Lipinski definition) is 4. The minimum atomic E-state index is 0.0292. The zero-order valence-electron chi connectivity index (χ0n) is 15.6. The fraction of sp³-hybridized carbons (Fsp3) is 0.550. The first-order valence-corrected chi connectivity index (χ1v) is 9.94. The fourth-order valence-electron chi connectivity index (χ4n) is 3.17. The van der Waals surface area contributed by atoms with Crippen LogP contribution in [-0.4, -0.2) is 25.8 Å². The third kappa shape index (κ3) is 4.14. The monoisotopic (exact) mass is 357 g/mol. The van der Waals surface area contributed by atoms with Crippen LogP contribution in [0.4, 0.5) is 0 Å². The maximum Gasteiger partial charge on any atom is 0.191 e. The molecule has 0 saturated heterocycles. The molecule has 1 atom stereocenters. The van der Waals surface area contributed by atoms with E-state index in [1.807, 2.05) is 11.6 Å². The van der Waals surface area contributed by atoms with Gasteiger partial charge in [0.25, 0.3) is 0 Å². The molecule has 1 unspecified atom stereocenters. The van der Waals surface area contributed by atoms with Crippen molar-refractivity contribution >= 4 is 17.5 Å². The van der Waals surface area contributed by atoms with E-state index < -0.39 is 0 Å². The summed E-state index contributed by atoms with van der Waals surface area (Å²) < 4.78 is 2.01. The maximum atomic E-state index is 12.3. The highest BCUT2D eigenvalue weighted by Gasteiger charge is 2.24. The van der Waals surface area contributed by atoms with Crippen molar-refractivity contribution in [2.45, 2.75) is 68.7 Å². The molecule has 1 saturated carbocycles. The molecule has 0 amide bonds. The molecule has 1 aromatic carbocycles. The van der Waals surface area contributed by atoms with Crippen LogP contribution >= 0.6 is 11.8 Å². The molecule has 1 aliphatic rings. The molecule has 4 nitrogen and oxygen atoms in total. The van der Waals surface area contributed by atoms with Gasteiger partial charge in [-0.05, 0) is 23.8 Å². The lowest BCUT2D eigenvalue weighted by Crippen LogP contribution is -2.15. The smallest absolute Gasteiger partial charge is 0.191 e. The number of ketones is 1. The second kappa shape index (κ2) is 7.32. The lowest BCUT2D eigenvalue weighted by atomic mass is 9.87. The summed E-state index contributed by atoms with van der Waals surface area (Å²) >= 11 is 1.58. The Morgan fingerprint density at radius 3 is 2.48 bits per heavy atom. The Labute approximate surface area is 154 Å². The normalized spacial score (nSPS) is 19.0. The predicted molar refractivity (Wildman–Crippen MR) is 103 cm³/mol. The van der Waals surface area contributed by atoms with Gasteiger partial charge in [-0.3, -0.25) is 4.79 Å². The van der Waals surface area contributed by atoms with Gasteiger partial charge in [-0.15, -0.1) is 10.2 Å². The van der Waals surface area contributed by atoms with Crippen molar-refractivity contribution in [1.29, 1.82) is 0 Å². The highest BCUT2D eigenvalue weighted by molar-refractivity contribution is 8.00. The van der Waals surface area contributed by atoms with Crippen molar-refractivity contribution in [2.75, 3.05) is 0 Å². The highest BCUT2D eigenvalue weighted by atomic mass is 32.2. The van der Waals surface area contributed by atoms with E-state index in [-0.39, 0.29) is 10.7 Å². The van der Waals surface area contributed by atoms with E-state index >= 15 is 0 Å². The molecule has 2 aromatic rings. The molecule has 134 valence electrons. The molecule has 0 radical (unpaired) electrons. The molecule has 1 fully saturated rings. The van der Waals surface area contributed by atoms with Gasteiger partial charge < -0.3 is 4.57 Å². The molecule has 0 bridgehead atoms. The van der Waals surface area contributed by atoms with Crippen LogP contribution in [0.1, 0.15) is 58.4 Å². The molecule has 5 heteroatoms. The van der Waals surface area contributed by atoms with Gasteiger partial charge in [0.05, 0.1) is 5.25 Å². The second-order valence-corrected chi connectivity index (χ2v) is 9.03. The van der Waals surface area contributed by atoms with Crippen molar-refractivity contribution in [3.8, 4) is 11.4 Å². The van der Waals surface area contributed by atoms with Crippen molar-refractivity contribution in [2.24, 2.45) is 7.05 Å². The first kappa shape index (κ1) is 18.2. The Kier molecular flexibility index (Phi) is 5.32. The SMILES string of the molecule is Cn1c(SC2CCCCCC2=O)nnc1-c1ccc(C(C)(C)C)cc1. The van der Waals surface area contributed by atoms with Crippen LogP contribution in [0, 0.1) is 0 Å². The van der Waals surface area contributed by atoms with Crippen molar-refractivity contribution in [3.05, 3.63) is 29.8 Å². The van der Waals surface area contributed by atoms with Gasteiger partial charge in [-0.2, -0.15) is 0 Å². The Hall–Kier alpha value is -1.62. The average molecular weight is 358 g/mol. The summed E-state index contributed by atoms with van der Waals surface area (Å²) in [6.07, 6.45) is 4.97. The molecule has 1 aliphatic carbocycles. The number of rotatable bonds is 3. The number of hydrogen-bond donors (Lipinski definition) is 0. The minimum Gasteiger partial charge on any atom is -0.305 e. The topological polar surface area (TPSA) is 47.8 Å². The number of benzene rings is 1. The van der Waals surface area contributed by atoms with Gasteiger partial charge in [-0.1, -0.05) is 69.6 Å². The average Bonchev–Trinajstić information content (AvgIpc) is 2.80. The van der Waals surface area contributed by atoms with E-state index in [1.54, 1.807) is 11.8 Å². The number of Topliss-reactive ketones (excluding diaryl/α,β-unsaturated/α-hetero) is 1. The van der Waals surface area contributed by atoms with Gasteiger partial charge in [0.2, 0.25) is 0 Å². The molecule has 25 heavy (non-hydrogen) atoms. The Morgan fingerprint density at radius 1 is 1.08 bits per heavy atom. The standard InChI is InChI=1S/C20H27N3OS/c1-20(2,3)15-12-10-14(11-13-15)18-21-22-19(23(18)4)25-17-9-7-5-6-8-16(17)24/h10-13,17H,5-9H2,1-4H3. The number of thioether (sulfide) groups is 1. The predicted octanol–water partition coefficient (Wildman–Crippen LogP) is 4.77. The minimum absolute atomic E-state index is 0.0292. The molecule has 0 aliphatic heterocycles. The van der Waals surface area contributed by atoms with Crippen LogP contribution < -0.4 is 0 Å². The van der Waals surface area contributed by atoms with Crippen LogP contribution in [0.5, 0.6) is 0 Å². The van der Waals surface area contributed by atoms with Crippen LogP contribution in [0.3, 0.4) is 0 Å². The zero-order valence-corrected chi connectivity index (χ0v) is 16.4. The van der Waals surface area contributed by atoms with Crippen LogP contribution in [0.15, 0.2) is 29.4 Å². The largest absolute Gasteiger partial charge is 0.305 e. The molecule has 1 heterocycles. The van der Waals surface area contributed by atoms with E-state index in [1.165, 1.54) is 5.56 Å². The molecular formula is C20H27N3OS. The van der Waals surface area contributed by atoms with Gasteiger partial charge in [-0.25, -0.2) is 0 Å². The highest BCUT2D eigenvalue weighted by Crippen LogP contribution is 2.32. The van der Waals surface area contributed by atoms with Crippen molar-refractivity contribution in [1.82, 2.24) is 14.8 Å². The summed E-state index contributed by atoms with van der Waals surface area (Å²) in [5, 5.41) is 9.58. The summed E-state index contributed by atoms with van der Waals surface area (Å²) in [6, 6.07) is 8.53. The third-order valence-corrected chi connectivity index (χ3v) is 6.19. The summed E-state index contributed by atoms with van der Waals surface area (Å²) in [7, 11) is 1.98. The summed E-state index contributed by atoms with van der Waals surface area (Å²) in [6.45, 7) is 6.63. The van der Waals surface area contributed by atoms with Gasteiger partial charge in [0.1, 0.15) is 5.78 Å². The molecule has 0 N–H and O–H groups in total. The first-order valence-electron chi connectivity index (χ1n) is 9.06. The van der Waals surface area contributed by atoms with E-state index in [9.17, 15) is 4.79 Å². The van der Waals surface area contributed by atoms with E-state index in [0.717, 1.165) is 42.2 Å². The number of carbonyl (C=O) groups excluding carboxylic acids is 1. The van der Waals surface area contributed by atoms with Crippen molar-refractivity contribution in [3.63, 3.8) is 0 Å². The lowest BCUT2D eigenvalue weighted by molar-refractivity contribution is -0.118. The first-order chi connectivity index (χ1) is 11.9. The Balaban J connectivity index is 1.80. The van der Waals surface area contributed by atoms with Crippen molar-refractivity contribution < 1.29 is 4.79 Å². The molecule has 1 aromatic heterocycles. The van der Waals surface area contributed by atoms with E-state index in [4.69, 9.17) is 0 Å². The van der Waals surface area contributed by atoms with E-state index in [2.05, 4.69) is 55.2 Å². The van der Waals surface area contributed by atoms with Gasteiger partial charge in [0.15, 0.2) is 11.0 Å². The van der Waals surface area contributed by atoms with Crippen LogP contribution in [0.25, 0.3) is 11.4 Å². The summed E-state index contributed by atoms with van der Waals surface area (Å²) in [5.41, 5.74) is 2.50. The zero-order chi connectivity index (χ0) is 18.0. The molecule has 0 spiro atoms. The fourth-order valence-corrected chi connectivity index (χ4v) is 4.29. The summed E-state index contributed by atoms with van der Waals surface area (Å²) in [4.78, 5) is 12.3. The Morgan fingerprint density at radius 2 is 1.80 bits per heavy atom. The summed E-state index contributed by atoms with van der Waals surface area (Å²) in [5.74, 6) is 1.21. The van der Waals surface area contributed by atoms with Crippen LogP contribution in [0.2, 0.25) is 0 Å². The van der Waals surface area contributed by atoms with Gasteiger partial charge >= 0.3 is 0 Å².